The number of pyridine rings is 1. The minimum Gasteiger partial charge on any atom is -0.332 e. The molecule has 4 nitrogen and oxygen atoms in total. The van der Waals surface area contributed by atoms with Gasteiger partial charge in [-0.3, -0.25) is 4.79 Å². The van der Waals surface area contributed by atoms with E-state index in [0.29, 0.717) is 24.5 Å². The molecule has 0 radical (unpaired) electrons. The van der Waals surface area contributed by atoms with E-state index in [9.17, 15) is 10.1 Å². The van der Waals surface area contributed by atoms with E-state index in [0.717, 1.165) is 17.3 Å². The predicted octanol–water partition coefficient (Wildman–Crippen LogP) is 3.05. The lowest BCUT2D eigenvalue weighted by Crippen LogP contribution is -2.49. The number of hydrogen-bond donors (Lipinski definition) is 1. The van der Waals surface area contributed by atoms with Gasteiger partial charge in [-0.15, -0.1) is 0 Å². The van der Waals surface area contributed by atoms with Crippen LogP contribution >= 0.6 is 15.9 Å². The fourth-order valence-electron chi connectivity index (χ4n) is 2.31. The summed E-state index contributed by atoms with van der Waals surface area (Å²) >= 11 is 3.28. The van der Waals surface area contributed by atoms with Crippen molar-refractivity contribution in [2.75, 3.05) is 0 Å². The Morgan fingerprint density at radius 2 is 2.21 bits per heavy atom. The smallest absolute Gasteiger partial charge is 0.271 e. The summed E-state index contributed by atoms with van der Waals surface area (Å²) in [7, 11) is 0. The zero-order chi connectivity index (χ0) is 13.9. The molecule has 0 aliphatic heterocycles. The highest BCUT2D eigenvalue weighted by molar-refractivity contribution is 9.10. The van der Waals surface area contributed by atoms with E-state index in [-0.39, 0.29) is 5.91 Å². The van der Waals surface area contributed by atoms with Crippen molar-refractivity contribution >= 4 is 21.8 Å². The highest BCUT2D eigenvalue weighted by atomic mass is 79.9. The average Bonchev–Trinajstić information content (AvgIpc) is 2.42. The quantitative estimate of drug-likeness (QED) is 0.910. The number of nitrogens with one attached hydrogen (secondary N) is 1. The molecule has 1 fully saturated rings. The number of hydrogen-bond acceptors (Lipinski definition) is 3. The number of aromatic nitrogens is 1. The Bertz CT molecular complexity index is 498. The van der Waals surface area contributed by atoms with Crippen LogP contribution in [0.4, 0.5) is 0 Å². The van der Waals surface area contributed by atoms with Gasteiger partial charge in [0.2, 0.25) is 0 Å². The Morgan fingerprint density at radius 1 is 1.53 bits per heavy atom. The Hall–Kier alpha value is -1.41. The largest absolute Gasteiger partial charge is 0.332 e. The molecule has 1 N–H and O–H groups in total. The summed E-state index contributed by atoms with van der Waals surface area (Å²) in [5, 5.41) is 12.2. The van der Waals surface area contributed by atoms with E-state index in [1.165, 1.54) is 0 Å². The summed E-state index contributed by atoms with van der Waals surface area (Å²) in [6.07, 6.45) is 4.96. The van der Waals surface area contributed by atoms with E-state index in [2.05, 4.69) is 39.2 Å². The second-order valence-corrected chi connectivity index (χ2v) is 6.11. The lowest BCUT2D eigenvalue weighted by molar-refractivity contribution is 0.0888. The topological polar surface area (TPSA) is 65.8 Å². The molecule has 0 spiro atoms. The molecule has 0 bridgehead atoms. The summed E-state index contributed by atoms with van der Waals surface area (Å²) in [6, 6.07) is 5.70. The molecule has 1 aliphatic carbocycles. The number of carbonyl (C=O) groups is 1. The summed E-state index contributed by atoms with van der Waals surface area (Å²) in [6.45, 7) is 2.18. The number of nitrogens with zero attached hydrogens (tertiary/aromatic N) is 2. The van der Waals surface area contributed by atoms with Crippen molar-refractivity contribution in [2.45, 2.75) is 38.1 Å². The van der Waals surface area contributed by atoms with Crippen LogP contribution in [-0.2, 0) is 0 Å². The van der Waals surface area contributed by atoms with Gasteiger partial charge in [-0.2, -0.15) is 5.26 Å². The van der Waals surface area contributed by atoms with E-state index < -0.39 is 5.54 Å². The molecular weight excluding hydrogens is 306 g/mol. The fourth-order valence-corrected chi connectivity index (χ4v) is 2.55. The second-order valence-electron chi connectivity index (χ2n) is 5.19. The Kier molecular flexibility index (Phi) is 4.20. The van der Waals surface area contributed by atoms with Gasteiger partial charge in [0.25, 0.3) is 5.91 Å². The van der Waals surface area contributed by atoms with Gasteiger partial charge >= 0.3 is 0 Å². The molecule has 5 heteroatoms. The molecule has 0 unspecified atom stereocenters. The van der Waals surface area contributed by atoms with Crippen LogP contribution in [0.3, 0.4) is 0 Å². The lowest BCUT2D eigenvalue weighted by atomic mass is 9.78. The van der Waals surface area contributed by atoms with Crippen LogP contribution in [-0.4, -0.2) is 16.4 Å². The second kappa shape index (κ2) is 5.70. The Morgan fingerprint density at radius 3 is 2.74 bits per heavy atom. The van der Waals surface area contributed by atoms with Gasteiger partial charge in [0.05, 0.1) is 6.07 Å². The minimum absolute atomic E-state index is 0.274. The molecule has 0 aromatic carbocycles. The van der Waals surface area contributed by atoms with Crippen LogP contribution < -0.4 is 5.32 Å². The first-order chi connectivity index (χ1) is 9.04. The number of carbonyl (C=O) groups excluding carboxylic acids is 1. The monoisotopic (exact) mass is 321 g/mol. The van der Waals surface area contributed by atoms with E-state index in [4.69, 9.17) is 0 Å². The molecule has 1 amide bonds. The Balaban J connectivity index is 2.09. The van der Waals surface area contributed by atoms with Crippen molar-refractivity contribution < 1.29 is 4.79 Å². The van der Waals surface area contributed by atoms with Crippen LogP contribution in [0.1, 0.15) is 43.1 Å². The zero-order valence-corrected chi connectivity index (χ0v) is 12.4. The number of amides is 1. The summed E-state index contributed by atoms with van der Waals surface area (Å²) < 4.78 is 0.825. The first-order valence-corrected chi connectivity index (χ1v) is 7.19. The average molecular weight is 322 g/mol. The van der Waals surface area contributed by atoms with Crippen molar-refractivity contribution in [2.24, 2.45) is 5.92 Å². The van der Waals surface area contributed by atoms with Crippen LogP contribution in [0.15, 0.2) is 22.8 Å². The summed E-state index contributed by atoms with van der Waals surface area (Å²) in [5.41, 5.74) is -0.380. The highest BCUT2D eigenvalue weighted by Crippen LogP contribution is 2.31. The van der Waals surface area contributed by atoms with Gasteiger partial charge in [0.15, 0.2) is 0 Å². The van der Waals surface area contributed by atoms with Crippen LogP contribution in [0.25, 0.3) is 0 Å². The van der Waals surface area contributed by atoms with Gasteiger partial charge in [-0.05, 0) is 59.7 Å². The molecule has 1 aromatic rings. The molecule has 2 rings (SSSR count). The van der Waals surface area contributed by atoms with Gasteiger partial charge < -0.3 is 5.32 Å². The molecule has 1 saturated carbocycles. The van der Waals surface area contributed by atoms with Crippen molar-refractivity contribution in [3.05, 3.63) is 28.5 Å². The third kappa shape index (κ3) is 3.32. The number of rotatable bonds is 2. The van der Waals surface area contributed by atoms with E-state index in [1.54, 1.807) is 18.3 Å². The third-order valence-corrected chi connectivity index (χ3v) is 4.12. The maximum Gasteiger partial charge on any atom is 0.271 e. The summed E-state index contributed by atoms with van der Waals surface area (Å²) in [5.74, 6) is 0.354. The van der Waals surface area contributed by atoms with Crippen molar-refractivity contribution in [3.63, 3.8) is 0 Å². The van der Waals surface area contributed by atoms with Crippen LogP contribution in [0.5, 0.6) is 0 Å². The molecule has 1 aliphatic rings. The van der Waals surface area contributed by atoms with Crippen molar-refractivity contribution in [3.8, 4) is 6.07 Å². The maximum absolute atomic E-state index is 12.1. The van der Waals surface area contributed by atoms with Crippen molar-refractivity contribution in [1.29, 1.82) is 5.26 Å². The summed E-state index contributed by atoms with van der Waals surface area (Å²) in [4.78, 5) is 16.2. The van der Waals surface area contributed by atoms with Crippen LogP contribution in [0, 0.1) is 17.2 Å². The van der Waals surface area contributed by atoms with Crippen molar-refractivity contribution in [1.82, 2.24) is 10.3 Å². The number of halogens is 1. The van der Waals surface area contributed by atoms with E-state index in [1.807, 2.05) is 0 Å². The van der Waals surface area contributed by atoms with E-state index >= 15 is 0 Å². The molecule has 100 valence electrons. The number of nitriles is 1. The zero-order valence-electron chi connectivity index (χ0n) is 10.8. The molecule has 1 aromatic heterocycles. The fraction of sp³-hybridized carbons (Fsp3) is 0.500. The normalized spacial score (nSPS) is 26.5. The van der Waals surface area contributed by atoms with Gasteiger partial charge in [0, 0.05) is 10.7 Å². The predicted molar refractivity (Wildman–Crippen MR) is 75.4 cm³/mol. The maximum atomic E-state index is 12.1. The third-order valence-electron chi connectivity index (χ3n) is 3.65. The molecular formula is C14H16BrN3O. The molecule has 0 atom stereocenters. The SMILES string of the molecule is CC1CCC(C#N)(NC(=O)c2ccc(Br)cn2)CC1. The van der Waals surface area contributed by atoms with Crippen LogP contribution in [0.2, 0.25) is 0 Å². The lowest BCUT2D eigenvalue weighted by Gasteiger charge is -2.34. The minimum atomic E-state index is -0.724. The molecule has 1 heterocycles. The highest BCUT2D eigenvalue weighted by Gasteiger charge is 2.36. The first-order valence-electron chi connectivity index (χ1n) is 6.40. The van der Waals surface area contributed by atoms with Gasteiger partial charge in [-0.1, -0.05) is 6.92 Å². The van der Waals surface area contributed by atoms with Gasteiger partial charge in [0.1, 0.15) is 11.2 Å². The molecule has 19 heavy (non-hydrogen) atoms. The first kappa shape index (κ1) is 14.0. The Labute approximate surface area is 121 Å². The molecule has 0 saturated heterocycles. The standard InChI is InChI=1S/C14H16BrN3O/c1-10-4-6-14(9-16,7-5-10)18-13(19)12-3-2-11(15)8-17-12/h2-3,8,10H,4-7H2,1H3,(H,18,19). The van der Waals surface area contributed by atoms with Gasteiger partial charge in [-0.25, -0.2) is 4.98 Å².